The van der Waals surface area contributed by atoms with Crippen LogP contribution in [0.4, 0.5) is 15.8 Å². The summed E-state index contributed by atoms with van der Waals surface area (Å²) in [5, 5.41) is 0. The quantitative estimate of drug-likeness (QED) is 0.621. The Labute approximate surface area is 136 Å². The molecule has 1 heterocycles. The Hall–Kier alpha value is -2.52. The van der Waals surface area contributed by atoms with Gasteiger partial charge in [0, 0.05) is 43.1 Å². The van der Waals surface area contributed by atoms with Crippen LogP contribution in [0.1, 0.15) is 5.56 Å². The molecule has 1 unspecified atom stereocenters. The minimum absolute atomic E-state index is 0.210. The fourth-order valence-corrected chi connectivity index (χ4v) is 2.85. The molecule has 1 aromatic heterocycles. The van der Waals surface area contributed by atoms with E-state index >= 15 is 0 Å². The largest absolute Gasteiger partial charge is 0.264 e. The first kappa shape index (κ1) is 15.4. The predicted molar refractivity (Wildman–Crippen MR) is 93.0 cm³/mol. The number of likely N-dealkylation sites (N-methyl/N-ethyl adjacent to an activating group) is 1. The van der Waals surface area contributed by atoms with E-state index in [9.17, 15) is 4.39 Å². The summed E-state index contributed by atoms with van der Waals surface area (Å²) in [4.78, 5) is 4.11. The Balaban J connectivity index is 1.95. The Morgan fingerprint density at radius 1 is 0.826 bits per heavy atom. The van der Waals surface area contributed by atoms with Gasteiger partial charge >= 0.3 is 0 Å². The lowest BCUT2D eigenvalue weighted by Crippen LogP contribution is -2.41. The highest BCUT2D eigenvalue weighted by Gasteiger charge is 2.28. The zero-order valence-corrected chi connectivity index (χ0v) is 13.2. The molecule has 0 aliphatic rings. The van der Waals surface area contributed by atoms with Crippen LogP contribution in [-0.4, -0.2) is 18.6 Å². The fraction of sp³-hybridized carbons (Fsp3) is 0.150. The summed E-state index contributed by atoms with van der Waals surface area (Å²) >= 11 is 0. The van der Waals surface area contributed by atoms with Gasteiger partial charge < -0.3 is 0 Å². The van der Waals surface area contributed by atoms with Crippen molar-refractivity contribution in [3.05, 3.63) is 90.5 Å². The molecule has 116 valence electrons. The van der Waals surface area contributed by atoms with Gasteiger partial charge in [-0.05, 0) is 17.7 Å². The lowest BCUT2D eigenvalue weighted by molar-refractivity contribution is 0.458. The molecule has 0 aliphatic carbocycles. The van der Waals surface area contributed by atoms with Gasteiger partial charge in [0.25, 0.3) is 0 Å². The zero-order chi connectivity index (χ0) is 16.1. The molecule has 0 saturated heterocycles. The Kier molecular flexibility index (Phi) is 4.49. The molecule has 0 bridgehead atoms. The van der Waals surface area contributed by atoms with E-state index < -0.39 is 0 Å². The molecule has 0 spiro atoms. The highest BCUT2D eigenvalue weighted by atomic mass is 19.1. The predicted octanol–water partition coefficient (Wildman–Crippen LogP) is 4.73. The molecule has 2 aromatic carbocycles. The van der Waals surface area contributed by atoms with E-state index in [0.717, 1.165) is 24.3 Å². The summed E-state index contributed by atoms with van der Waals surface area (Å²) in [6.07, 6.45) is 4.55. The van der Waals surface area contributed by atoms with Crippen molar-refractivity contribution in [2.45, 2.75) is 6.42 Å². The Morgan fingerprint density at radius 2 is 1.43 bits per heavy atom. The average Bonchev–Trinajstić information content (AvgIpc) is 2.62. The van der Waals surface area contributed by atoms with Crippen LogP contribution in [0.15, 0.2) is 79.1 Å². The fourth-order valence-electron chi connectivity index (χ4n) is 2.85. The van der Waals surface area contributed by atoms with Crippen LogP contribution in [-0.2, 0) is 6.42 Å². The van der Waals surface area contributed by atoms with Crippen LogP contribution < -0.4 is 4.48 Å². The van der Waals surface area contributed by atoms with Gasteiger partial charge in [-0.3, -0.25) is 9.47 Å². The molecule has 3 rings (SSSR count). The topological polar surface area (TPSA) is 12.9 Å². The van der Waals surface area contributed by atoms with E-state index in [1.165, 1.54) is 17.7 Å². The summed E-state index contributed by atoms with van der Waals surface area (Å²) in [5.41, 5.74) is 3.50. The summed E-state index contributed by atoms with van der Waals surface area (Å²) in [5.74, 6) is -0.210. The van der Waals surface area contributed by atoms with Crippen molar-refractivity contribution in [1.82, 2.24) is 9.47 Å². The lowest BCUT2D eigenvalue weighted by Gasteiger charge is -2.33. The first-order valence-electron chi connectivity index (χ1n) is 7.75. The van der Waals surface area contributed by atoms with Crippen LogP contribution in [0, 0.1) is 5.82 Å². The normalized spacial score (nSPS) is 13.5. The summed E-state index contributed by atoms with van der Waals surface area (Å²) < 4.78 is 13.9. The molecule has 0 amide bonds. The maximum atomic E-state index is 13.3. The van der Waals surface area contributed by atoms with Gasteiger partial charge in [0.2, 0.25) is 0 Å². The van der Waals surface area contributed by atoms with Gasteiger partial charge in [0.1, 0.15) is 17.2 Å². The SMILES string of the molecule is C[N+](CCc1ccccc1)(c1ccncc1)c1ccc(F)cc1. The number of halogens is 1. The molecule has 3 aromatic rings. The molecular formula is C20H20FN2+. The third kappa shape index (κ3) is 3.46. The van der Waals surface area contributed by atoms with Gasteiger partial charge in [-0.15, -0.1) is 0 Å². The highest BCUT2D eigenvalue weighted by molar-refractivity contribution is 5.57. The molecule has 2 nitrogen and oxygen atoms in total. The number of quaternary nitrogens is 1. The summed E-state index contributed by atoms with van der Waals surface area (Å²) in [7, 11) is 2.16. The number of aromatic nitrogens is 1. The maximum Gasteiger partial charge on any atom is 0.140 e. The Morgan fingerprint density at radius 3 is 2.09 bits per heavy atom. The molecule has 0 radical (unpaired) electrons. The molecule has 0 saturated carbocycles. The van der Waals surface area contributed by atoms with Crippen LogP contribution in [0.3, 0.4) is 0 Å². The smallest absolute Gasteiger partial charge is 0.140 e. The molecule has 0 aliphatic heterocycles. The molecular weight excluding hydrogens is 287 g/mol. The van der Waals surface area contributed by atoms with Gasteiger partial charge in [-0.2, -0.15) is 0 Å². The van der Waals surface area contributed by atoms with Gasteiger partial charge in [0.15, 0.2) is 0 Å². The monoisotopic (exact) mass is 307 g/mol. The Bertz CT molecular complexity index is 742. The lowest BCUT2D eigenvalue weighted by atomic mass is 10.1. The van der Waals surface area contributed by atoms with Gasteiger partial charge in [-0.25, -0.2) is 4.39 Å². The molecule has 3 heteroatoms. The second-order valence-corrected chi connectivity index (χ2v) is 5.83. The molecule has 0 fully saturated rings. The van der Waals surface area contributed by atoms with E-state index in [1.807, 2.05) is 30.3 Å². The van der Waals surface area contributed by atoms with E-state index in [0.29, 0.717) is 4.48 Å². The van der Waals surface area contributed by atoms with Gasteiger partial charge in [-0.1, -0.05) is 30.3 Å². The zero-order valence-electron chi connectivity index (χ0n) is 13.2. The van der Waals surface area contributed by atoms with Crippen molar-refractivity contribution >= 4 is 11.4 Å². The van der Waals surface area contributed by atoms with E-state index in [2.05, 4.69) is 36.3 Å². The van der Waals surface area contributed by atoms with Crippen molar-refractivity contribution < 1.29 is 4.39 Å². The van der Waals surface area contributed by atoms with Gasteiger partial charge in [0.05, 0.1) is 13.6 Å². The van der Waals surface area contributed by atoms with Crippen molar-refractivity contribution in [3.63, 3.8) is 0 Å². The standard InChI is InChI=1S/C20H20FN2/c1-23(20-11-14-22-15-12-20,19-9-7-18(21)8-10-19)16-13-17-5-3-2-4-6-17/h2-12,14-15H,13,16H2,1H3/q+1. The number of hydrogen-bond donors (Lipinski definition) is 0. The number of benzene rings is 2. The van der Waals surface area contributed by atoms with Crippen molar-refractivity contribution in [1.29, 1.82) is 0 Å². The number of rotatable bonds is 5. The van der Waals surface area contributed by atoms with Crippen LogP contribution in [0.25, 0.3) is 0 Å². The minimum Gasteiger partial charge on any atom is -0.264 e. The second-order valence-electron chi connectivity index (χ2n) is 5.83. The van der Waals surface area contributed by atoms with Crippen LogP contribution in [0.5, 0.6) is 0 Å². The second kappa shape index (κ2) is 6.71. The first-order chi connectivity index (χ1) is 11.2. The van der Waals surface area contributed by atoms with E-state index in [-0.39, 0.29) is 5.82 Å². The van der Waals surface area contributed by atoms with Crippen molar-refractivity contribution in [2.75, 3.05) is 13.6 Å². The van der Waals surface area contributed by atoms with Crippen LogP contribution >= 0.6 is 0 Å². The third-order valence-electron chi connectivity index (χ3n) is 4.32. The average molecular weight is 307 g/mol. The highest BCUT2D eigenvalue weighted by Crippen LogP contribution is 2.32. The molecule has 0 N–H and O–H groups in total. The van der Waals surface area contributed by atoms with Crippen molar-refractivity contribution in [2.24, 2.45) is 0 Å². The number of hydrogen-bond acceptors (Lipinski definition) is 1. The van der Waals surface area contributed by atoms with Crippen molar-refractivity contribution in [3.8, 4) is 0 Å². The summed E-state index contributed by atoms with van der Waals surface area (Å²) in [6, 6.07) is 21.2. The van der Waals surface area contributed by atoms with E-state index in [4.69, 9.17) is 0 Å². The van der Waals surface area contributed by atoms with Crippen LogP contribution in [0.2, 0.25) is 0 Å². The number of nitrogens with zero attached hydrogens (tertiary/aromatic N) is 2. The first-order valence-corrected chi connectivity index (χ1v) is 7.75. The molecule has 1 atom stereocenters. The third-order valence-corrected chi connectivity index (χ3v) is 4.32. The molecule has 23 heavy (non-hydrogen) atoms. The van der Waals surface area contributed by atoms with E-state index in [1.54, 1.807) is 12.4 Å². The number of pyridine rings is 1. The maximum absolute atomic E-state index is 13.3. The minimum atomic E-state index is -0.210. The summed E-state index contributed by atoms with van der Waals surface area (Å²) in [6.45, 7) is 0.889.